The Balaban J connectivity index is 2.18. The van der Waals surface area contributed by atoms with Gasteiger partial charge in [-0.3, -0.25) is 0 Å². The van der Waals surface area contributed by atoms with Crippen LogP contribution in [-0.4, -0.2) is 36.1 Å². The second kappa shape index (κ2) is 3.70. The zero-order valence-electron chi connectivity index (χ0n) is 7.82. The van der Waals surface area contributed by atoms with Crippen LogP contribution in [0.5, 0.6) is 0 Å². The van der Waals surface area contributed by atoms with Crippen LogP contribution >= 0.6 is 0 Å². The van der Waals surface area contributed by atoms with Gasteiger partial charge in [0.1, 0.15) is 12.1 Å². The summed E-state index contributed by atoms with van der Waals surface area (Å²) >= 11 is 0. The van der Waals surface area contributed by atoms with Crippen LogP contribution in [0, 0.1) is 6.92 Å². The van der Waals surface area contributed by atoms with Gasteiger partial charge in [-0.2, -0.15) is 0 Å². The molecule has 1 aliphatic heterocycles. The lowest BCUT2D eigenvalue weighted by molar-refractivity contribution is 0.583. The van der Waals surface area contributed by atoms with Crippen molar-refractivity contribution in [1.29, 1.82) is 0 Å². The van der Waals surface area contributed by atoms with Crippen LogP contribution in [0.3, 0.4) is 0 Å². The van der Waals surface area contributed by atoms with E-state index < -0.39 is 0 Å². The number of hydrogen-bond donors (Lipinski definition) is 1. The van der Waals surface area contributed by atoms with Gasteiger partial charge in [-0.25, -0.2) is 9.97 Å². The smallest absolute Gasteiger partial charge is 0.134 e. The Morgan fingerprint density at radius 2 is 2.15 bits per heavy atom. The van der Waals surface area contributed by atoms with Crippen LogP contribution < -0.4 is 10.2 Å². The fourth-order valence-corrected chi connectivity index (χ4v) is 1.60. The highest BCUT2D eigenvalue weighted by molar-refractivity contribution is 5.44. The second-order valence-electron chi connectivity index (χ2n) is 3.27. The number of hydrogen-bond acceptors (Lipinski definition) is 4. The molecule has 0 atom stereocenters. The van der Waals surface area contributed by atoms with E-state index in [1.165, 1.54) is 0 Å². The Morgan fingerprint density at radius 1 is 1.38 bits per heavy atom. The molecule has 1 saturated heterocycles. The van der Waals surface area contributed by atoms with Crippen molar-refractivity contribution in [2.24, 2.45) is 0 Å². The molecule has 2 heterocycles. The summed E-state index contributed by atoms with van der Waals surface area (Å²) < 4.78 is 0. The van der Waals surface area contributed by atoms with Crippen LogP contribution in [0.2, 0.25) is 0 Å². The third kappa shape index (κ3) is 1.78. The van der Waals surface area contributed by atoms with Gasteiger partial charge in [-0.1, -0.05) is 0 Å². The Labute approximate surface area is 78.0 Å². The summed E-state index contributed by atoms with van der Waals surface area (Å²) in [6, 6.07) is 0. The lowest BCUT2D eigenvalue weighted by atomic mass is 10.3. The number of rotatable bonds is 1. The highest BCUT2D eigenvalue weighted by atomic mass is 15.2. The highest BCUT2D eigenvalue weighted by Gasteiger charge is 2.12. The molecule has 13 heavy (non-hydrogen) atoms. The van der Waals surface area contributed by atoms with E-state index in [9.17, 15) is 0 Å². The summed E-state index contributed by atoms with van der Waals surface area (Å²) in [4.78, 5) is 10.6. The standard InChI is InChI=1S/C9H14N4/c1-8-6-11-7-12-9(8)13-4-2-10-3-5-13/h6-7,10H,2-5H2,1H3. The molecule has 0 bridgehead atoms. The molecule has 1 aromatic heterocycles. The number of aryl methyl sites for hydroxylation is 1. The Bertz CT molecular complexity index is 281. The molecule has 0 unspecified atom stereocenters. The SMILES string of the molecule is Cc1cncnc1N1CCNCC1. The van der Waals surface area contributed by atoms with Crippen molar-refractivity contribution < 1.29 is 0 Å². The number of aromatic nitrogens is 2. The molecular formula is C9H14N4. The van der Waals surface area contributed by atoms with Gasteiger partial charge in [0.25, 0.3) is 0 Å². The highest BCUT2D eigenvalue weighted by Crippen LogP contribution is 2.14. The van der Waals surface area contributed by atoms with Crippen molar-refractivity contribution in [3.63, 3.8) is 0 Å². The van der Waals surface area contributed by atoms with Crippen molar-refractivity contribution in [3.8, 4) is 0 Å². The van der Waals surface area contributed by atoms with Crippen LogP contribution in [0.4, 0.5) is 5.82 Å². The lowest BCUT2D eigenvalue weighted by Gasteiger charge is -2.29. The molecule has 0 aromatic carbocycles. The molecule has 70 valence electrons. The molecule has 0 spiro atoms. The molecule has 1 N–H and O–H groups in total. The molecule has 0 radical (unpaired) electrons. The number of nitrogens with zero attached hydrogens (tertiary/aromatic N) is 3. The molecular weight excluding hydrogens is 164 g/mol. The van der Waals surface area contributed by atoms with Gasteiger partial charge in [0.15, 0.2) is 0 Å². The monoisotopic (exact) mass is 178 g/mol. The van der Waals surface area contributed by atoms with Crippen molar-refractivity contribution in [2.75, 3.05) is 31.1 Å². The van der Waals surface area contributed by atoms with E-state index in [1.807, 2.05) is 6.20 Å². The van der Waals surface area contributed by atoms with Gasteiger partial charge in [-0.15, -0.1) is 0 Å². The summed E-state index contributed by atoms with van der Waals surface area (Å²) in [5, 5.41) is 3.32. The summed E-state index contributed by atoms with van der Waals surface area (Å²) in [5.41, 5.74) is 1.16. The predicted octanol–water partition coefficient (Wildman–Crippen LogP) is 0.195. The first-order valence-electron chi connectivity index (χ1n) is 4.60. The van der Waals surface area contributed by atoms with Gasteiger partial charge in [0, 0.05) is 37.9 Å². The third-order valence-corrected chi connectivity index (χ3v) is 2.28. The number of piperazine rings is 1. The maximum atomic E-state index is 4.29. The first-order chi connectivity index (χ1) is 6.38. The average Bonchev–Trinajstić information content (AvgIpc) is 2.20. The zero-order valence-corrected chi connectivity index (χ0v) is 7.82. The lowest BCUT2D eigenvalue weighted by Crippen LogP contribution is -2.44. The Morgan fingerprint density at radius 3 is 2.85 bits per heavy atom. The number of anilines is 1. The molecule has 0 amide bonds. The second-order valence-corrected chi connectivity index (χ2v) is 3.27. The summed E-state index contributed by atoms with van der Waals surface area (Å²) in [6.45, 7) is 6.22. The van der Waals surface area contributed by atoms with E-state index in [0.29, 0.717) is 0 Å². The fraction of sp³-hybridized carbons (Fsp3) is 0.556. The van der Waals surface area contributed by atoms with Gasteiger partial charge in [0.2, 0.25) is 0 Å². The molecule has 1 aliphatic rings. The summed E-state index contributed by atoms with van der Waals surface area (Å²) in [6.07, 6.45) is 3.48. The maximum absolute atomic E-state index is 4.29. The van der Waals surface area contributed by atoms with E-state index in [-0.39, 0.29) is 0 Å². The predicted molar refractivity (Wildman–Crippen MR) is 51.9 cm³/mol. The molecule has 1 aromatic rings. The summed E-state index contributed by atoms with van der Waals surface area (Å²) in [7, 11) is 0. The van der Waals surface area contributed by atoms with Crippen molar-refractivity contribution in [1.82, 2.24) is 15.3 Å². The van der Waals surface area contributed by atoms with E-state index in [0.717, 1.165) is 37.6 Å². The normalized spacial score (nSPS) is 17.5. The van der Waals surface area contributed by atoms with Crippen LogP contribution in [0.1, 0.15) is 5.56 Å². The van der Waals surface area contributed by atoms with Crippen LogP contribution in [0.25, 0.3) is 0 Å². The molecule has 0 saturated carbocycles. The molecule has 4 heteroatoms. The van der Waals surface area contributed by atoms with E-state index in [2.05, 4.69) is 27.1 Å². The maximum Gasteiger partial charge on any atom is 0.134 e. The quantitative estimate of drug-likeness (QED) is 0.666. The van der Waals surface area contributed by atoms with Gasteiger partial charge in [-0.05, 0) is 6.92 Å². The van der Waals surface area contributed by atoms with Crippen LogP contribution in [-0.2, 0) is 0 Å². The summed E-state index contributed by atoms with van der Waals surface area (Å²) in [5.74, 6) is 1.08. The molecule has 0 aliphatic carbocycles. The fourth-order valence-electron chi connectivity index (χ4n) is 1.60. The first kappa shape index (κ1) is 8.44. The van der Waals surface area contributed by atoms with E-state index in [1.54, 1.807) is 6.33 Å². The minimum absolute atomic E-state index is 1.04. The topological polar surface area (TPSA) is 41.1 Å². The molecule has 2 rings (SSSR count). The average molecular weight is 178 g/mol. The largest absolute Gasteiger partial charge is 0.354 e. The molecule has 1 fully saturated rings. The van der Waals surface area contributed by atoms with Crippen molar-refractivity contribution in [2.45, 2.75) is 6.92 Å². The Kier molecular flexibility index (Phi) is 2.40. The Hall–Kier alpha value is -1.16. The minimum Gasteiger partial charge on any atom is -0.354 e. The number of nitrogens with one attached hydrogen (secondary N) is 1. The van der Waals surface area contributed by atoms with E-state index in [4.69, 9.17) is 0 Å². The first-order valence-corrected chi connectivity index (χ1v) is 4.60. The van der Waals surface area contributed by atoms with Gasteiger partial charge < -0.3 is 10.2 Å². The van der Waals surface area contributed by atoms with Gasteiger partial charge in [0.05, 0.1) is 0 Å². The van der Waals surface area contributed by atoms with Crippen LogP contribution in [0.15, 0.2) is 12.5 Å². The van der Waals surface area contributed by atoms with E-state index >= 15 is 0 Å². The third-order valence-electron chi connectivity index (χ3n) is 2.28. The molecule has 4 nitrogen and oxygen atoms in total. The zero-order chi connectivity index (χ0) is 9.10. The van der Waals surface area contributed by atoms with Crippen molar-refractivity contribution >= 4 is 5.82 Å². The minimum atomic E-state index is 1.04. The van der Waals surface area contributed by atoms with Gasteiger partial charge >= 0.3 is 0 Å². The van der Waals surface area contributed by atoms with Crippen molar-refractivity contribution in [3.05, 3.63) is 18.1 Å².